The number of amides is 1. The molecule has 1 heterocycles. The minimum Gasteiger partial charge on any atom is -0.352 e. The Bertz CT molecular complexity index is 865. The summed E-state index contributed by atoms with van der Waals surface area (Å²) in [5, 5.41) is 6.80. The average molecular weight is 410 g/mol. The van der Waals surface area contributed by atoms with E-state index >= 15 is 0 Å². The highest BCUT2D eigenvalue weighted by Crippen LogP contribution is 2.49. The Morgan fingerprint density at radius 3 is 2.66 bits per heavy atom. The zero-order chi connectivity index (χ0) is 20.2. The second kappa shape index (κ2) is 9.23. The van der Waals surface area contributed by atoms with Crippen LogP contribution in [0.4, 0.5) is 11.4 Å². The van der Waals surface area contributed by atoms with E-state index in [9.17, 15) is 4.79 Å². The summed E-state index contributed by atoms with van der Waals surface area (Å²) in [7, 11) is 0. The van der Waals surface area contributed by atoms with Crippen molar-refractivity contribution in [1.82, 2.24) is 10.6 Å². The van der Waals surface area contributed by atoms with Crippen molar-refractivity contribution in [2.45, 2.75) is 61.9 Å². The van der Waals surface area contributed by atoms with Gasteiger partial charge in [0.25, 0.3) is 5.91 Å². The SMILES string of the molecule is CCCNC(=O)c1ccc2c(c1)N(C(CC)NCCC1CC1)c1ccccc1S2. The van der Waals surface area contributed by atoms with Gasteiger partial charge in [0, 0.05) is 21.9 Å². The first-order valence-corrected chi connectivity index (χ1v) is 11.7. The number of hydrogen-bond donors (Lipinski definition) is 2. The molecule has 1 aliphatic heterocycles. The molecule has 0 bridgehead atoms. The number of carbonyl (C=O) groups is 1. The molecule has 2 aromatic rings. The standard InChI is InChI=1S/C24H31N3OS/c1-3-14-26-24(28)18-11-12-22-20(16-18)27(19-7-5-6-8-21(19)29-22)23(4-2)25-15-13-17-9-10-17/h5-8,11-12,16-17,23,25H,3-4,9-10,13-15H2,1-2H3,(H,26,28). The summed E-state index contributed by atoms with van der Waals surface area (Å²) < 4.78 is 0. The first-order chi connectivity index (χ1) is 14.2. The normalized spacial score (nSPS) is 16.1. The van der Waals surface area contributed by atoms with Crippen LogP contribution in [0.1, 0.15) is 56.3 Å². The van der Waals surface area contributed by atoms with Crippen molar-refractivity contribution in [2.75, 3.05) is 18.0 Å². The fourth-order valence-corrected chi connectivity index (χ4v) is 4.93. The third-order valence-corrected chi connectivity index (χ3v) is 6.82. The summed E-state index contributed by atoms with van der Waals surface area (Å²) in [4.78, 5) is 17.5. The van der Waals surface area contributed by atoms with Gasteiger partial charge in [0.15, 0.2) is 0 Å². The predicted octanol–water partition coefficient (Wildman–Crippen LogP) is 5.55. The van der Waals surface area contributed by atoms with Gasteiger partial charge in [-0.25, -0.2) is 0 Å². The Balaban J connectivity index is 1.65. The van der Waals surface area contributed by atoms with Crippen molar-refractivity contribution >= 4 is 29.0 Å². The molecule has 1 amide bonds. The number of para-hydroxylation sites is 1. The second-order valence-corrected chi connectivity index (χ2v) is 9.07. The van der Waals surface area contributed by atoms with Crippen LogP contribution in [-0.2, 0) is 0 Å². The minimum atomic E-state index is 0.00759. The summed E-state index contributed by atoms with van der Waals surface area (Å²) >= 11 is 1.79. The predicted molar refractivity (Wildman–Crippen MR) is 121 cm³/mol. The minimum absolute atomic E-state index is 0.00759. The van der Waals surface area contributed by atoms with E-state index in [-0.39, 0.29) is 12.1 Å². The Morgan fingerprint density at radius 2 is 1.90 bits per heavy atom. The lowest BCUT2D eigenvalue weighted by atomic mass is 10.1. The number of nitrogens with zero attached hydrogens (tertiary/aromatic N) is 1. The Hall–Kier alpha value is -1.98. The van der Waals surface area contributed by atoms with E-state index in [4.69, 9.17) is 0 Å². The molecule has 154 valence electrons. The van der Waals surface area contributed by atoms with E-state index in [1.165, 1.54) is 34.7 Å². The van der Waals surface area contributed by atoms with Gasteiger partial charge in [-0.1, -0.05) is 50.6 Å². The van der Waals surface area contributed by atoms with Crippen molar-refractivity contribution in [3.8, 4) is 0 Å². The highest BCUT2D eigenvalue weighted by Gasteiger charge is 2.29. The molecule has 1 fully saturated rings. The number of nitrogens with one attached hydrogen (secondary N) is 2. The smallest absolute Gasteiger partial charge is 0.251 e. The monoisotopic (exact) mass is 409 g/mol. The van der Waals surface area contributed by atoms with E-state index in [0.717, 1.165) is 36.6 Å². The largest absolute Gasteiger partial charge is 0.352 e. The van der Waals surface area contributed by atoms with E-state index in [2.05, 4.69) is 65.8 Å². The molecule has 0 radical (unpaired) electrons. The highest BCUT2D eigenvalue weighted by atomic mass is 32.2. The third kappa shape index (κ3) is 4.62. The molecule has 2 aliphatic rings. The summed E-state index contributed by atoms with van der Waals surface area (Å²) in [6, 6.07) is 14.7. The van der Waals surface area contributed by atoms with Crippen LogP contribution >= 0.6 is 11.8 Å². The number of rotatable bonds is 9. The van der Waals surface area contributed by atoms with E-state index < -0.39 is 0 Å². The highest BCUT2D eigenvalue weighted by molar-refractivity contribution is 7.99. The average Bonchev–Trinajstić information content (AvgIpc) is 3.58. The van der Waals surface area contributed by atoms with Crippen LogP contribution in [-0.4, -0.2) is 25.2 Å². The molecule has 1 unspecified atom stereocenters. The van der Waals surface area contributed by atoms with Gasteiger partial charge in [-0.2, -0.15) is 0 Å². The number of hydrogen-bond acceptors (Lipinski definition) is 4. The van der Waals surface area contributed by atoms with Crippen molar-refractivity contribution in [1.29, 1.82) is 0 Å². The van der Waals surface area contributed by atoms with Crippen molar-refractivity contribution in [3.63, 3.8) is 0 Å². The Morgan fingerprint density at radius 1 is 1.10 bits per heavy atom. The van der Waals surface area contributed by atoms with Crippen LogP contribution in [0.2, 0.25) is 0 Å². The molecular weight excluding hydrogens is 378 g/mol. The molecule has 0 saturated heterocycles. The van der Waals surface area contributed by atoms with Crippen molar-refractivity contribution in [3.05, 3.63) is 48.0 Å². The molecule has 4 nitrogen and oxygen atoms in total. The van der Waals surface area contributed by atoms with Gasteiger partial charge in [0.2, 0.25) is 0 Å². The first-order valence-electron chi connectivity index (χ1n) is 10.9. The summed E-state index contributed by atoms with van der Waals surface area (Å²) in [6.07, 6.45) is 6.18. The molecule has 1 aliphatic carbocycles. The van der Waals surface area contributed by atoms with Gasteiger partial charge >= 0.3 is 0 Å². The molecule has 0 spiro atoms. The molecule has 0 aromatic heterocycles. The molecule has 5 heteroatoms. The van der Waals surface area contributed by atoms with Crippen LogP contribution in [0.5, 0.6) is 0 Å². The zero-order valence-corrected chi connectivity index (χ0v) is 18.2. The number of benzene rings is 2. The van der Waals surface area contributed by atoms with Gasteiger partial charge in [-0.05, 0) is 62.1 Å². The van der Waals surface area contributed by atoms with Gasteiger partial charge in [0.1, 0.15) is 0 Å². The van der Waals surface area contributed by atoms with Crippen LogP contribution in [0.15, 0.2) is 52.3 Å². The van der Waals surface area contributed by atoms with Crippen molar-refractivity contribution in [2.24, 2.45) is 5.92 Å². The molecular formula is C24H31N3OS. The van der Waals surface area contributed by atoms with E-state index in [0.29, 0.717) is 6.54 Å². The Kier molecular flexibility index (Phi) is 6.46. The third-order valence-electron chi connectivity index (χ3n) is 5.69. The number of carbonyl (C=O) groups excluding carboxylic acids is 1. The molecule has 1 atom stereocenters. The van der Waals surface area contributed by atoms with Crippen LogP contribution in [0, 0.1) is 5.92 Å². The lowest BCUT2D eigenvalue weighted by molar-refractivity contribution is 0.0953. The van der Waals surface area contributed by atoms with Crippen LogP contribution in [0.25, 0.3) is 0 Å². The van der Waals surface area contributed by atoms with Gasteiger partial charge in [0.05, 0.1) is 17.5 Å². The lowest BCUT2D eigenvalue weighted by Crippen LogP contribution is -2.44. The molecule has 4 rings (SSSR count). The lowest BCUT2D eigenvalue weighted by Gasteiger charge is -2.39. The fraction of sp³-hybridized carbons (Fsp3) is 0.458. The Labute approximate surface area is 178 Å². The van der Waals surface area contributed by atoms with Gasteiger partial charge in [-0.15, -0.1) is 0 Å². The maximum atomic E-state index is 12.6. The molecule has 2 aromatic carbocycles. The maximum absolute atomic E-state index is 12.6. The molecule has 2 N–H and O–H groups in total. The van der Waals surface area contributed by atoms with Gasteiger partial charge in [-0.3, -0.25) is 10.1 Å². The quantitative estimate of drug-likeness (QED) is 0.569. The van der Waals surface area contributed by atoms with E-state index in [1.54, 1.807) is 11.8 Å². The zero-order valence-electron chi connectivity index (χ0n) is 17.4. The topological polar surface area (TPSA) is 44.4 Å². The second-order valence-electron chi connectivity index (χ2n) is 7.99. The van der Waals surface area contributed by atoms with Crippen LogP contribution < -0.4 is 15.5 Å². The maximum Gasteiger partial charge on any atom is 0.251 e. The number of fused-ring (bicyclic) bond motifs is 2. The molecule has 1 saturated carbocycles. The van der Waals surface area contributed by atoms with Crippen LogP contribution in [0.3, 0.4) is 0 Å². The van der Waals surface area contributed by atoms with Gasteiger partial charge < -0.3 is 10.2 Å². The number of anilines is 2. The molecule has 29 heavy (non-hydrogen) atoms. The summed E-state index contributed by atoms with van der Waals surface area (Å²) in [6.45, 7) is 6.05. The van der Waals surface area contributed by atoms with E-state index in [1.807, 2.05) is 6.07 Å². The first kappa shape index (κ1) is 20.3. The fourth-order valence-electron chi connectivity index (χ4n) is 3.88. The summed E-state index contributed by atoms with van der Waals surface area (Å²) in [5.41, 5.74) is 3.08. The summed E-state index contributed by atoms with van der Waals surface area (Å²) in [5.74, 6) is 0.929. The van der Waals surface area contributed by atoms with Crippen molar-refractivity contribution < 1.29 is 4.79 Å².